The number of aromatic nitrogens is 1. The van der Waals surface area contributed by atoms with Gasteiger partial charge in [0.05, 0.1) is 13.7 Å². The lowest BCUT2D eigenvalue weighted by Crippen LogP contribution is -2.16. The van der Waals surface area contributed by atoms with Crippen LogP contribution >= 0.6 is 11.3 Å². The number of hydrogen-bond donors (Lipinski definition) is 0. The molecule has 0 saturated heterocycles. The zero-order valence-corrected chi connectivity index (χ0v) is 9.94. The lowest BCUT2D eigenvalue weighted by Gasteiger charge is -2.05. The third kappa shape index (κ3) is 4.31. The lowest BCUT2D eigenvalue weighted by atomic mass is 10.4. The molecule has 4 nitrogen and oxygen atoms in total. The van der Waals surface area contributed by atoms with Gasteiger partial charge < -0.3 is 9.47 Å². The Morgan fingerprint density at radius 1 is 1.47 bits per heavy atom. The topological polar surface area (TPSA) is 48.4 Å². The Kier molecular flexibility index (Phi) is 4.47. The summed E-state index contributed by atoms with van der Waals surface area (Å²) in [6.45, 7) is 0.0262. The number of ether oxygens (including phenoxy) is 2. The first-order valence-corrected chi connectivity index (χ1v) is 5.34. The van der Waals surface area contributed by atoms with Crippen molar-refractivity contribution in [1.82, 2.24) is 4.98 Å². The number of nitrogens with zero attached hydrogens (tertiary/aromatic N) is 1. The summed E-state index contributed by atoms with van der Waals surface area (Å²) < 4.78 is 44.3. The average molecular weight is 269 g/mol. The van der Waals surface area contributed by atoms with Crippen molar-refractivity contribution in [1.29, 1.82) is 0 Å². The normalized spacial score (nSPS) is 11.6. The third-order valence-corrected chi connectivity index (χ3v) is 2.66. The minimum Gasteiger partial charge on any atom is -0.464 e. The first kappa shape index (κ1) is 13.9. The zero-order chi connectivity index (χ0) is 13.1. The summed E-state index contributed by atoms with van der Waals surface area (Å²) in [7, 11) is 1.21. The number of alkyl halides is 3. The predicted octanol–water partition coefficient (Wildman–Crippen LogP) is 2.32. The quantitative estimate of drug-likeness (QED) is 0.787. The highest BCUT2D eigenvalue weighted by molar-refractivity contribution is 7.11. The molecule has 0 N–H and O–H groups in total. The second kappa shape index (κ2) is 5.46. The largest absolute Gasteiger partial charge is 0.464 e. The summed E-state index contributed by atoms with van der Waals surface area (Å²) in [6, 6.07) is 0. The van der Waals surface area contributed by atoms with E-state index in [2.05, 4.69) is 14.5 Å². The number of thiazole rings is 1. The SMILES string of the molecule is COC(=O)c1nc(COCC(F)(F)F)sc1C. The summed E-state index contributed by atoms with van der Waals surface area (Å²) in [4.78, 5) is 15.6. The molecule has 0 amide bonds. The van der Waals surface area contributed by atoms with Gasteiger partial charge in [-0.2, -0.15) is 13.2 Å². The maximum atomic E-state index is 11.8. The summed E-state index contributed by atoms with van der Waals surface area (Å²) in [6.07, 6.45) is -4.36. The van der Waals surface area contributed by atoms with Gasteiger partial charge in [0.1, 0.15) is 11.6 Å². The number of esters is 1. The average Bonchev–Trinajstić information content (AvgIpc) is 2.57. The van der Waals surface area contributed by atoms with Crippen LogP contribution in [0.1, 0.15) is 20.4 Å². The van der Waals surface area contributed by atoms with Crippen LogP contribution in [0.4, 0.5) is 13.2 Å². The highest BCUT2D eigenvalue weighted by atomic mass is 32.1. The first-order chi connectivity index (χ1) is 7.83. The van der Waals surface area contributed by atoms with Crippen LogP contribution < -0.4 is 0 Å². The van der Waals surface area contributed by atoms with Gasteiger partial charge in [-0.05, 0) is 6.92 Å². The van der Waals surface area contributed by atoms with Gasteiger partial charge in [-0.3, -0.25) is 0 Å². The van der Waals surface area contributed by atoms with Crippen LogP contribution in [0.3, 0.4) is 0 Å². The Labute approximate surface area is 99.4 Å². The fourth-order valence-corrected chi connectivity index (χ4v) is 1.91. The first-order valence-electron chi connectivity index (χ1n) is 4.52. The molecule has 0 saturated carbocycles. The number of carbonyl (C=O) groups excluding carboxylic acids is 1. The highest BCUT2D eigenvalue weighted by Crippen LogP contribution is 2.20. The maximum Gasteiger partial charge on any atom is 0.411 e. The molecule has 0 bridgehead atoms. The number of carbonyl (C=O) groups is 1. The molecule has 1 aromatic rings. The van der Waals surface area contributed by atoms with Gasteiger partial charge in [-0.15, -0.1) is 11.3 Å². The number of halogens is 3. The Bertz CT molecular complexity index is 403. The van der Waals surface area contributed by atoms with Crippen LogP contribution in [0.5, 0.6) is 0 Å². The van der Waals surface area contributed by atoms with Crippen LogP contribution in [-0.2, 0) is 16.1 Å². The molecule has 0 atom stereocenters. The van der Waals surface area contributed by atoms with Crippen molar-refractivity contribution in [2.24, 2.45) is 0 Å². The van der Waals surface area contributed by atoms with Crippen molar-refractivity contribution >= 4 is 17.3 Å². The Morgan fingerprint density at radius 3 is 2.65 bits per heavy atom. The number of aryl methyl sites for hydroxylation is 1. The smallest absolute Gasteiger partial charge is 0.411 e. The van der Waals surface area contributed by atoms with Gasteiger partial charge in [0, 0.05) is 4.88 Å². The molecule has 1 aromatic heterocycles. The van der Waals surface area contributed by atoms with Crippen LogP contribution in [0.15, 0.2) is 0 Å². The predicted molar refractivity (Wildman–Crippen MR) is 53.9 cm³/mol. The molecular formula is C9H10F3NO3S. The lowest BCUT2D eigenvalue weighted by molar-refractivity contribution is -0.176. The molecule has 0 fully saturated rings. The second-order valence-electron chi connectivity index (χ2n) is 3.11. The molecule has 8 heteroatoms. The van der Waals surface area contributed by atoms with Crippen molar-refractivity contribution in [3.05, 3.63) is 15.6 Å². The van der Waals surface area contributed by atoms with Crippen LogP contribution in [0.2, 0.25) is 0 Å². The number of methoxy groups -OCH3 is 1. The van der Waals surface area contributed by atoms with Crippen molar-refractivity contribution in [2.45, 2.75) is 19.7 Å². The summed E-state index contributed by atoms with van der Waals surface area (Å²) in [5.41, 5.74) is 0.114. The van der Waals surface area contributed by atoms with E-state index in [1.54, 1.807) is 6.92 Å². The highest BCUT2D eigenvalue weighted by Gasteiger charge is 2.27. The van der Waals surface area contributed by atoms with E-state index in [0.717, 1.165) is 11.3 Å². The maximum absolute atomic E-state index is 11.8. The van der Waals surface area contributed by atoms with Crippen molar-refractivity contribution in [3.8, 4) is 0 Å². The molecule has 0 aliphatic rings. The van der Waals surface area contributed by atoms with E-state index in [-0.39, 0.29) is 12.3 Å². The molecule has 0 unspecified atom stereocenters. The van der Waals surface area contributed by atoms with Crippen LogP contribution in [0.25, 0.3) is 0 Å². The Hall–Kier alpha value is -1.15. The monoisotopic (exact) mass is 269 g/mol. The molecular weight excluding hydrogens is 259 g/mol. The van der Waals surface area contributed by atoms with Crippen molar-refractivity contribution in [2.75, 3.05) is 13.7 Å². The molecule has 0 aromatic carbocycles. The molecule has 96 valence electrons. The number of hydrogen-bond acceptors (Lipinski definition) is 5. The fourth-order valence-electron chi connectivity index (χ4n) is 1.05. The van der Waals surface area contributed by atoms with E-state index < -0.39 is 18.8 Å². The molecule has 0 spiro atoms. The minimum atomic E-state index is -4.36. The number of rotatable bonds is 4. The van der Waals surface area contributed by atoms with Crippen LogP contribution in [0, 0.1) is 6.92 Å². The van der Waals surface area contributed by atoms with Crippen molar-refractivity contribution in [3.63, 3.8) is 0 Å². The fraction of sp³-hybridized carbons (Fsp3) is 0.556. The van der Waals surface area contributed by atoms with Gasteiger partial charge in [0.25, 0.3) is 0 Å². The zero-order valence-electron chi connectivity index (χ0n) is 9.13. The van der Waals surface area contributed by atoms with Gasteiger partial charge in [-0.1, -0.05) is 0 Å². The molecule has 0 radical (unpaired) electrons. The molecule has 0 aliphatic carbocycles. The summed E-state index contributed by atoms with van der Waals surface area (Å²) >= 11 is 1.10. The molecule has 0 aliphatic heterocycles. The van der Waals surface area contributed by atoms with E-state index in [9.17, 15) is 18.0 Å². The van der Waals surface area contributed by atoms with E-state index in [1.165, 1.54) is 7.11 Å². The van der Waals surface area contributed by atoms with Crippen molar-refractivity contribution < 1.29 is 27.4 Å². The summed E-state index contributed by atoms with van der Waals surface area (Å²) in [5, 5.41) is 0.312. The van der Waals surface area contributed by atoms with E-state index in [4.69, 9.17) is 0 Å². The molecule has 1 rings (SSSR count). The summed E-state index contributed by atoms with van der Waals surface area (Å²) in [5.74, 6) is -0.610. The Balaban J connectivity index is 2.59. The standard InChI is InChI=1S/C9H10F3NO3S/c1-5-7(8(14)15-2)13-6(17-5)3-16-4-9(10,11)12/h3-4H2,1-2H3. The minimum absolute atomic E-state index is 0.114. The molecule has 17 heavy (non-hydrogen) atoms. The Morgan fingerprint density at radius 2 is 2.12 bits per heavy atom. The molecule has 1 heterocycles. The second-order valence-corrected chi connectivity index (χ2v) is 4.40. The van der Waals surface area contributed by atoms with Gasteiger partial charge in [0.15, 0.2) is 5.69 Å². The van der Waals surface area contributed by atoms with Crippen LogP contribution in [-0.4, -0.2) is 30.8 Å². The van der Waals surface area contributed by atoms with E-state index >= 15 is 0 Å². The van der Waals surface area contributed by atoms with E-state index in [0.29, 0.717) is 9.88 Å². The van der Waals surface area contributed by atoms with Gasteiger partial charge in [-0.25, -0.2) is 9.78 Å². The van der Waals surface area contributed by atoms with Gasteiger partial charge >= 0.3 is 12.1 Å². The van der Waals surface area contributed by atoms with E-state index in [1.807, 2.05) is 0 Å². The van der Waals surface area contributed by atoms with Gasteiger partial charge in [0.2, 0.25) is 0 Å². The third-order valence-electron chi connectivity index (χ3n) is 1.71.